The first-order valence-corrected chi connectivity index (χ1v) is 10.6. The van der Waals surface area contributed by atoms with Gasteiger partial charge in [-0.3, -0.25) is 9.80 Å². The van der Waals surface area contributed by atoms with Crippen LogP contribution >= 0.6 is 11.6 Å². The maximum atomic E-state index is 14.2. The van der Waals surface area contributed by atoms with E-state index in [-0.39, 0.29) is 16.5 Å². The van der Waals surface area contributed by atoms with Crippen molar-refractivity contribution in [2.45, 2.75) is 31.5 Å². The number of ketones is 1. The van der Waals surface area contributed by atoms with Crippen molar-refractivity contribution in [2.75, 3.05) is 5.01 Å². The minimum absolute atomic E-state index is 0.119. The van der Waals surface area contributed by atoms with Gasteiger partial charge in [0.05, 0.1) is 16.8 Å². The zero-order chi connectivity index (χ0) is 24.7. The van der Waals surface area contributed by atoms with Gasteiger partial charge in [0.1, 0.15) is 5.71 Å². The first-order valence-electron chi connectivity index (χ1n) is 10.3. The average molecular weight is 493 g/mol. The largest absolute Gasteiger partial charge is 0.459 e. The molecule has 0 N–H and O–H groups in total. The standard InChI is InChI=1S/C25H18ClF5N2O/c1-15(34)16-6-4-7-17(12-16)18-8-5-9-19(13-18)22-14-23(24(27,28)25(29,30)31)32-33(22)21-11-3-2-10-20(21)26/h2-13,22H,14H2,1H3. The maximum Gasteiger partial charge on any atom is 0.459 e. The van der Waals surface area contributed by atoms with Gasteiger partial charge in [-0.2, -0.15) is 27.1 Å². The number of nitrogens with zero attached hydrogens (tertiary/aromatic N) is 2. The van der Waals surface area contributed by atoms with E-state index in [1.807, 2.05) is 0 Å². The Bertz CT molecular complexity index is 1270. The molecule has 0 aliphatic carbocycles. The summed E-state index contributed by atoms with van der Waals surface area (Å²) in [7, 11) is 0. The van der Waals surface area contributed by atoms with Crippen LogP contribution in [-0.2, 0) is 0 Å². The van der Waals surface area contributed by atoms with Crippen LogP contribution in [0.15, 0.2) is 77.9 Å². The Balaban J connectivity index is 1.79. The number of para-hydroxylation sites is 1. The number of anilines is 1. The molecule has 0 aromatic heterocycles. The molecule has 176 valence electrons. The van der Waals surface area contributed by atoms with Crippen LogP contribution < -0.4 is 5.01 Å². The number of carbonyl (C=O) groups excluding carboxylic acids is 1. The van der Waals surface area contributed by atoms with Crippen molar-refractivity contribution >= 4 is 28.8 Å². The number of alkyl halides is 5. The molecule has 1 unspecified atom stereocenters. The number of carbonyl (C=O) groups is 1. The number of hydrogen-bond acceptors (Lipinski definition) is 3. The summed E-state index contributed by atoms with van der Waals surface area (Å²) < 4.78 is 67.8. The highest BCUT2D eigenvalue weighted by molar-refractivity contribution is 6.33. The van der Waals surface area contributed by atoms with Crippen LogP contribution in [-0.4, -0.2) is 23.6 Å². The highest BCUT2D eigenvalue weighted by Gasteiger charge is 2.62. The van der Waals surface area contributed by atoms with Gasteiger partial charge in [0.2, 0.25) is 0 Å². The summed E-state index contributed by atoms with van der Waals surface area (Å²) >= 11 is 6.23. The molecule has 0 saturated carbocycles. The topological polar surface area (TPSA) is 32.7 Å². The highest BCUT2D eigenvalue weighted by atomic mass is 35.5. The molecule has 1 atom stereocenters. The van der Waals surface area contributed by atoms with Gasteiger partial charge in [-0.05, 0) is 47.9 Å². The van der Waals surface area contributed by atoms with E-state index in [0.717, 1.165) is 5.01 Å². The Labute approximate surface area is 197 Å². The van der Waals surface area contributed by atoms with Crippen LogP contribution in [0.5, 0.6) is 0 Å². The molecule has 3 nitrogen and oxygen atoms in total. The van der Waals surface area contributed by atoms with Gasteiger partial charge in [0.25, 0.3) is 0 Å². The summed E-state index contributed by atoms with van der Waals surface area (Å²) in [5.41, 5.74) is 1.29. The molecule has 0 saturated heterocycles. The quantitative estimate of drug-likeness (QED) is 0.270. The molecule has 0 radical (unpaired) electrons. The molecular formula is C25H18ClF5N2O. The summed E-state index contributed by atoms with van der Waals surface area (Å²) in [6.07, 6.45) is -6.42. The van der Waals surface area contributed by atoms with Crippen molar-refractivity contribution in [3.63, 3.8) is 0 Å². The van der Waals surface area contributed by atoms with Crippen molar-refractivity contribution in [2.24, 2.45) is 5.10 Å². The molecular weight excluding hydrogens is 475 g/mol. The van der Waals surface area contributed by atoms with Crippen molar-refractivity contribution in [1.29, 1.82) is 0 Å². The van der Waals surface area contributed by atoms with E-state index in [1.165, 1.54) is 19.1 Å². The molecule has 0 amide bonds. The van der Waals surface area contributed by atoms with Gasteiger partial charge in [-0.1, -0.05) is 60.1 Å². The second-order valence-corrected chi connectivity index (χ2v) is 8.30. The second-order valence-electron chi connectivity index (χ2n) is 7.90. The number of Topliss-reactive ketones (excluding diaryl/α,β-unsaturated/α-hetero) is 1. The van der Waals surface area contributed by atoms with Crippen molar-refractivity contribution in [1.82, 2.24) is 0 Å². The Morgan fingerprint density at radius 2 is 1.59 bits per heavy atom. The van der Waals surface area contributed by atoms with Crippen molar-refractivity contribution in [3.05, 3.63) is 88.9 Å². The van der Waals surface area contributed by atoms with Gasteiger partial charge >= 0.3 is 12.1 Å². The lowest BCUT2D eigenvalue weighted by Gasteiger charge is -2.25. The van der Waals surface area contributed by atoms with Crippen LogP contribution in [0.1, 0.15) is 35.3 Å². The third-order valence-electron chi connectivity index (χ3n) is 5.60. The summed E-state index contributed by atoms with van der Waals surface area (Å²) in [4.78, 5) is 11.8. The zero-order valence-corrected chi connectivity index (χ0v) is 18.5. The number of rotatable bonds is 5. The smallest absolute Gasteiger partial charge is 0.295 e. The Morgan fingerprint density at radius 3 is 2.24 bits per heavy atom. The minimum Gasteiger partial charge on any atom is -0.295 e. The van der Waals surface area contributed by atoms with Gasteiger partial charge in [-0.25, -0.2) is 0 Å². The molecule has 1 aliphatic rings. The molecule has 0 fully saturated rings. The second kappa shape index (κ2) is 8.83. The van der Waals surface area contributed by atoms with Crippen molar-refractivity contribution < 1.29 is 26.7 Å². The van der Waals surface area contributed by atoms with Gasteiger partial charge in [0.15, 0.2) is 5.78 Å². The van der Waals surface area contributed by atoms with E-state index in [9.17, 15) is 26.7 Å². The Morgan fingerprint density at radius 1 is 0.941 bits per heavy atom. The van der Waals surface area contributed by atoms with Gasteiger partial charge in [0, 0.05) is 12.0 Å². The molecule has 9 heteroatoms. The van der Waals surface area contributed by atoms with Gasteiger partial charge in [-0.15, -0.1) is 0 Å². The molecule has 3 aromatic rings. The first-order chi connectivity index (χ1) is 16.0. The van der Waals surface area contributed by atoms with E-state index >= 15 is 0 Å². The van der Waals surface area contributed by atoms with Crippen LogP contribution in [0, 0.1) is 0 Å². The molecule has 3 aromatic carbocycles. The fourth-order valence-corrected chi connectivity index (χ4v) is 4.05. The molecule has 4 rings (SSSR count). The third-order valence-corrected chi connectivity index (χ3v) is 5.92. The number of benzene rings is 3. The predicted molar refractivity (Wildman–Crippen MR) is 122 cm³/mol. The molecule has 0 spiro atoms. The number of halogens is 6. The van der Waals surface area contributed by atoms with Gasteiger partial charge < -0.3 is 0 Å². The van der Waals surface area contributed by atoms with E-state index in [2.05, 4.69) is 5.10 Å². The molecule has 0 bridgehead atoms. The molecule has 1 heterocycles. The van der Waals surface area contributed by atoms with Crippen LogP contribution in [0.3, 0.4) is 0 Å². The number of hydrogen-bond donors (Lipinski definition) is 0. The number of hydrazone groups is 1. The monoisotopic (exact) mass is 492 g/mol. The summed E-state index contributed by atoms with van der Waals surface area (Å²) in [5, 5.41) is 4.98. The summed E-state index contributed by atoms with van der Waals surface area (Å²) in [6.45, 7) is 1.44. The lowest BCUT2D eigenvalue weighted by molar-refractivity contribution is -0.249. The van der Waals surface area contributed by atoms with E-state index < -0.39 is 30.3 Å². The molecule has 1 aliphatic heterocycles. The van der Waals surface area contributed by atoms with E-state index in [0.29, 0.717) is 22.3 Å². The van der Waals surface area contributed by atoms with Crippen LogP contribution in [0.2, 0.25) is 5.02 Å². The maximum absolute atomic E-state index is 14.2. The first kappa shape index (κ1) is 23.9. The predicted octanol–water partition coefficient (Wildman–Crippen LogP) is 7.71. The average Bonchev–Trinajstić information content (AvgIpc) is 3.25. The lowest BCUT2D eigenvalue weighted by atomic mass is 9.94. The highest BCUT2D eigenvalue weighted by Crippen LogP contribution is 2.46. The molecule has 34 heavy (non-hydrogen) atoms. The third kappa shape index (κ3) is 4.42. The van der Waals surface area contributed by atoms with Crippen molar-refractivity contribution in [3.8, 4) is 11.1 Å². The summed E-state index contributed by atoms with van der Waals surface area (Å²) in [5.74, 6) is -5.21. The van der Waals surface area contributed by atoms with Crippen LogP contribution in [0.25, 0.3) is 11.1 Å². The Hall–Kier alpha value is -3.26. The van der Waals surface area contributed by atoms with Crippen LogP contribution in [0.4, 0.5) is 27.6 Å². The lowest BCUT2D eigenvalue weighted by Crippen LogP contribution is -2.43. The van der Waals surface area contributed by atoms with E-state index in [4.69, 9.17) is 11.6 Å². The fraction of sp³-hybridized carbons (Fsp3) is 0.200. The van der Waals surface area contributed by atoms with E-state index in [1.54, 1.807) is 60.7 Å². The minimum atomic E-state index is -5.78. The fourth-order valence-electron chi connectivity index (χ4n) is 3.83. The zero-order valence-electron chi connectivity index (χ0n) is 17.8. The Kier molecular flexibility index (Phi) is 6.20. The normalized spacial score (nSPS) is 16.5. The SMILES string of the molecule is CC(=O)c1cccc(-c2cccc(C3CC(C(F)(F)C(F)(F)F)=NN3c3ccccc3Cl)c2)c1. The summed E-state index contributed by atoms with van der Waals surface area (Å²) in [6, 6.07) is 18.9.